The standard InChI is InChI=1S/C17H20N2O2/c1-18-10-5-8-14(18)17(21)19-11-9-16(20)15(19)12-13-6-3-2-4-7-13/h2-8,10,15-16,20H,9,11-12H2,1H3/t15-,16-/m1/s1. The Bertz CT molecular complexity index is 621. The highest BCUT2D eigenvalue weighted by Gasteiger charge is 2.36. The van der Waals surface area contributed by atoms with Crippen LogP contribution in [0.15, 0.2) is 48.7 Å². The van der Waals surface area contributed by atoms with Crippen LogP contribution in [0.5, 0.6) is 0 Å². The van der Waals surface area contributed by atoms with Gasteiger partial charge in [0.05, 0.1) is 12.1 Å². The molecule has 1 fully saturated rings. The normalized spacial score (nSPS) is 21.7. The molecule has 2 aromatic rings. The monoisotopic (exact) mass is 284 g/mol. The molecule has 1 aromatic heterocycles. The van der Waals surface area contributed by atoms with Gasteiger partial charge in [-0.3, -0.25) is 4.79 Å². The fraction of sp³-hybridized carbons (Fsp3) is 0.353. The van der Waals surface area contributed by atoms with Gasteiger partial charge in [0.2, 0.25) is 0 Å². The van der Waals surface area contributed by atoms with Gasteiger partial charge in [-0.2, -0.15) is 0 Å². The first-order valence-corrected chi connectivity index (χ1v) is 7.31. The number of likely N-dealkylation sites (tertiary alicyclic amines) is 1. The fourth-order valence-corrected chi connectivity index (χ4v) is 3.02. The van der Waals surface area contributed by atoms with Gasteiger partial charge in [-0.15, -0.1) is 0 Å². The zero-order valence-corrected chi connectivity index (χ0v) is 12.1. The SMILES string of the molecule is Cn1cccc1C(=O)N1CC[C@@H](O)[C@H]1Cc1ccccc1. The largest absolute Gasteiger partial charge is 0.391 e. The van der Waals surface area contributed by atoms with Crippen molar-refractivity contribution in [2.45, 2.75) is 25.0 Å². The van der Waals surface area contributed by atoms with E-state index in [1.165, 1.54) is 0 Å². The van der Waals surface area contributed by atoms with E-state index in [0.29, 0.717) is 25.1 Å². The molecule has 2 heterocycles. The summed E-state index contributed by atoms with van der Waals surface area (Å²) in [6.07, 6.45) is 2.76. The number of hydrogen-bond donors (Lipinski definition) is 1. The molecule has 0 spiro atoms. The van der Waals surface area contributed by atoms with Crippen LogP contribution in [0.25, 0.3) is 0 Å². The molecule has 0 bridgehead atoms. The number of benzene rings is 1. The van der Waals surface area contributed by atoms with Crippen LogP contribution in [0.4, 0.5) is 0 Å². The second-order valence-electron chi connectivity index (χ2n) is 5.62. The molecule has 0 unspecified atom stereocenters. The van der Waals surface area contributed by atoms with Crippen LogP contribution in [0.2, 0.25) is 0 Å². The predicted molar refractivity (Wildman–Crippen MR) is 81.0 cm³/mol. The number of hydrogen-bond acceptors (Lipinski definition) is 2. The van der Waals surface area contributed by atoms with Crippen molar-refractivity contribution in [1.82, 2.24) is 9.47 Å². The third-order valence-corrected chi connectivity index (χ3v) is 4.22. The molecule has 3 rings (SSSR count). The van der Waals surface area contributed by atoms with Gasteiger partial charge >= 0.3 is 0 Å². The quantitative estimate of drug-likeness (QED) is 0.935. The number of aliphatic hydroxyl groups is 1. The van der Waals surface area contributed by atoms with E-state index in [-0.39, 0.29) is 11.9 Å². The number of rotatable bonds is 3. The van der Waals surface area contributed by atoms with Gasteiger partial charge in [0.1, 0.15) is 5.69 Å². The van der Waals surface area contributed by atoms with Crippen LogP contribution in [0, 0.1) is 0 Å². The molecule has 0 radical (unpaired) electrons. The first-order valence-electron chi connectivity index (χ1n) is 7.31. The summed E-state index contributed by atoms with van der Waals surface area (Å²) in [5.74, 6) is -0.0000175. The summed E-state index contributed by atoms with van der Waals surface area (Å²) in [5.41, 5.74) is 1.82. The molecule has 1 N–H and O–H groups in total. The molecule has 0 aliphatic carbocycles. The molecule has 21 heavy (non-hydrogen) atoms. The van der Waals surface area contributed by atoms with Gasteiger partial charge in [0.15, 0.2) is 0 Å². The molecule has 4 heteroatoms. The molecular weight excluding hydrogens is 264 g/mol. The van der Waals surface area contributed by atoms with E-state index in [1.807, 2.05) is 65.2 Å². The summed E-state index contributed by atoms with van der Waals surface area (Å²) >= 11 is 0. The molecule has 4 nitrogen and oxygen atoms in total. The number of carbonyl (C=O) groups is 1. The minimum atomic E-state index is -0.450. The summed E-state index contributed by atoms with van der Waals surface area (Å²) in [7, 11) is 1.87. The number of aryl methyl sites for hydroxylation is 1. The minimum Gasteiger partial charge on any atom is -0.391 e. The molecule has 1 amide bonds. The van der Waals surface area contributed by atoms with Crippen molar-refractivity contribution in [3.63, 3.8) is 0 Å². The van der Waals surface area contributed by atoms with Crippen molar-refractivity contribution < 1.29 is 9.90 Å². The highest BCUT2D eigenvalue weighted by atomic mass is 16.3. The highest BCUT2D eigenvalue weighted by molar-refractivity contribution is 5.93. The second kappa shape index (κ2) is 5.74. The lowest BCUT2D eigenvalue weighted by Crippen LogP contribution is -2.41. The van der Waals surface area contributed by atoms with E-state index in [0.717, 1.165) is 5.56 Å². The topological polar surface area (TPSA) is 45.5 Å². The van der Waals surface area contributed by atoms with Gasteiger partial charge in [-0.25, -0.2) is 0 Å². The Labute approximate surface area is 124 Å². The van der Waals surface area contributed by atoms with E-state index in [9.17, 15) is 9.90 Å². The summed E-state index contributed by atoms with van der Waals surface area (Å²) in [4.78, 5) is 14.5. The maximum atomic E-state index is 12.7. The predicted octanol–water partition coefficient (Wildman–Crippen LogP) is 1.84. The summed E-state index contributed by atoms with van der Waals surface area (Å²) in [6, 6.07) is 13.6. The third-order valence-electron chi connectivity index (χ3n) is 4.22. The fourth-order valence-electron chi connectivity index (χ4n) is 3.02. The zero-order chi connectivity index (χ0) is 14.8. The van der Waals surface area contributed by atoms with Crippen LogP contribution in [0.3, 0.4) is 0 Å². The average Bonchev–Trinajstić information content (AvgIpc) is 3.07. The molecule has 0 saturated carbocycles. The van der Waals surface area contributed by atoms with Gasteiger partial charge < -0.3 is 14.6 Å². The summed E-state index contributed by atoms with van der Waals surface area (Å²) in [6.45, 7) is 0.614. The lowest BCUT2D eigenvalue weighted by atomic mass is 10.0. The Kier molecular flexibility index (Phi) is 3.80. The van der Waals surface area contributed by atoms with Gasteiger partial charge in [-0.05, 0) is 30.5 Å². The molecule has 110 valence electrons. The number of amides is 1. The Balaban J connectivity index is 1.81. The summed E-state index contributed by atoms with van der Waals surface area (Å²) in [5, 5.41) is 10.2. The minimum absolute atomic E-state index is 0.0000175. The Hall–Kier alpha value is -2.07. The van der Waals surface area contributed by atoms with Crippen LogP contribution < -0.4 is 0 Å². The Morgan fingerprint density at radius 1 is 1.24 bits per heavy atom. The smallest absolute Gasteiger partial charge is 0.270 e. The number of nitrogens with zero attached hydrogens (tertiary/aromatic N) is 2. The van der Waals surface area contributed by atoms with E-state index < -0.39 is 6.10 Å². The van der Waals surface area contributed by atoms with E-state index in [1.54, 1.807) is 0 Å². The zero-order valence-electron chi connectivity index (χ0n) is 12.1. The van der Waals surface area contributed by atoms with Gasteiger partial charge in [0.25, 0.3) is 5.91 Å². The average molecular weight is 284 g/mol. The highest BCUT2D eigenvalue weighted by Crippen LogP contribution is 2.24. The van der Waals surface area contributed by atoms with Crippen LogP contribution in [0.1, 0.15) is 22.5 Å². The third kappa shape index (κ3) is 2.72. The van der Waals surface area contributed by atoms with Crippen molar-refractivity contribution in [2.75, 3.05) is 6.54 Å². The van der Waals surface area contributed by atoms with Gasteiger partial charge in [-0.1, -0.05) is 30.3 Å². The van der Waals surface area contributed by atoms with Crippen LogP contribution in [-0.2, 0) is 13.5 Å². The Morgan fingerprint density at radius 2 is 2.00 bits per heavy atom. The van der Waals surface area contributed by atoms with E-state index in [4.69, 9.17) is 0 Å². The van der Waals surface area contributed by atoms with Crippen molar-refractivity contribution in [3.05, 3.63) is 59.9 Å². The first-order chi connectivity index (χ1) is 10.2. The maximum absolute atomic E-state index is 12.7. The van der Waals surface area contributed by atoms with Crippen molar-refractivity contribution in [2.24, 2.45) is 7.05 Å². The second-order valence-corrected chi connectivity index (χ2v) is 5.62. The van der Waals surface area contributed by atoms with E-state index >= 15 is 0 Å². The van der Waals surface area contributed by atoms with Crippen molar-refractivity contribution in [3.8, 4) is 0 Å². The molecule has 1 aliphatic heterocycles. The molecule has 1 saturated heterocycles. The van der Waals surface area contributed by atoms with Crippen LogP contribution >= 0.6 is 0 Å². The molecular formula is C17H20N2O2. The maximum Gasteiger partial charge on any atom is 0.270 e. The lowest BCUT2D eigenvalue weighted by Gasteiger charge is -2.26. The molecule has 1 aliphatic rings. The lowest BCUT2D eigenvalue weighted by molar-refractivity contribution is 0.0631. The number of carbonyl (C=O) groups excluding carboxylic acids is 1. The summed E-state index contributed by atoms with van der Waals surface area (Å²) < 4.78 is 1.83. The Morgan fingerprint density at radius 3 is 2.67 bits per heavy atom. The number of aromatic nitrogens is 1. The van der Waals surface area contributed by atoms with Crippen molar-refractivity contribution >= 4 is 5.91 Å². The van der Waals surface area contributed by atoms with Crippen molar-refractivity contribution in [1.29, 1.82) is 0 Å². The first kappa shape index (κ1) is 13.9. The van der Waals surface area contributed by atoms with E-state index in [2.05, 4.69) is 0 Å². The molecule has 2 atom stereocenters. The van der Waals surface area contributed by atoms with Crippen LogP contribution in [-0.4, -0.2) is 39.2 Å². The number of aliphatic hydroxyl groups excluding tert-OH is 1. The van der Waals surface area contributed by atoms with Gasteiger partial charge in [0, 0.05) is 19.8 Å². The molecule has 1 aromatic carbocycles.